The highest BCUT2D eigenvalue weighted by molar-refractivity contribution is 5.97. The van der Waals surface area contributed by atoms with Gasteiger partial charge in [0.2, 0.25) is 0 Å². The van der Waals surface area contributed by atoms with Crippen molar-refractivity contribution >= 4 is 38.6 Å². The molecule has 0 saturated carbocycles. The summed E-state index contributed by atoms with van der Waals surface area (Å²) in [5, 5.41) is 5.00. The van der Waals surface area contributed by atoms with Gasteiger partial charge in [-0.05, 0) is 120 Å². The minimum absolute atomic E-state index is 0.492. The van der Waals surface area contributed by atoms with Gasteiger partial charge in [0.05, 0.1) is 5.41 Å². The van der Waals surface area contributed by atoms with Crippen LogP contribution in [-0.2, 0) is 5.41 Å². The van der Waals surface area contributed by atoms with Crippen molar-refractivity contribution in [3.63, 3.8) is 0 Å². The Bertz CT molecular complexity index is 3050. The quantitative estimate of drug-likeness (QED) is 0.157. The van der Waals surface area contributed by atoms with Crippen molar-refractivity contribution in [3.8, 4) is 33.4 Å². The van der Waals surface area contributed by atoms with Crippen molar-refractivity contribution in [2.75, 3.05) is 4.90 Å². The molecule has 0 spiro atoms. The number of fused-ring (bicyclic) bond motifs is 5. The molecule has 0 bridgehead atoms. The second-order valence-electron chi connectivity index (χ2n) is 15.3. The van der Waals surface area contributed by atoms with Crippen molar-refractivity contribution in [2.45, 2.75) is 5.41 Å². The molecule has 11 rings (SSSR count). The molecular weight excluding hydrogens is 699 g/mol. The van der Waals surface area contributed by atoms with Gasteiger partial charge in [-0.1, -0.05) is 194 Å². The van der Waals surface area contributed by atoms with Gasteiger partial charge in [0.15, 0.2) is 0 Å². The van der Waals surface area contributed by atoms with Crippen LogP contribution in [0, 0.1) is 0 Å². The van der Waals surface area contributed by atoms with E-state index in [1.54, 1.807) is 0 Å². The van der Waals surface area contributed by atoms with Crippen LogP contribution in [0.3, 0.4) is 0 Å². The highest BCUT2D eigenvalue weighted by atomic mass is 15.1. The molecule has 0 aliphatic heterocycles. The predicted octanol–water partition coefficient (Wildman–Crippen LogP) is 15.2. The van der Waals surface area contributed by atoms with Crippen LogP contribution in [0.2, 0.25) is 0 Å². The van der Waals surface area contributed by atoms with Crippen LogP contribution in [0.25, 0.3) is 54.9 Å². The smallest absolute Gasteiger partial charge is 0.0714 e. The average molecular weight is 738 g/mol. The highest BCUT2D eigenvalue weighted by Crippen LogP contribution is 2.56. The summed E-state index contributed by atoms with van der Waals surface area (Å²) in [5.41, 5.74) is 15.3. The lowest BCUT2D eigenvalue weighted by Gasteiger charge is -2.35. The molecule has 0 unspecified atom stereocenters. The van der Waals surface area contributed by atoms with Crippen LogP contribution in [0.1, 0.15) is 22.3 Å². The second-order valence-corrected chi connectivity index (χ2v) is 15.3. The Morgan fingerprint density at radius 3 is 1.52 bits per heavy atom. The number of anilines is 3. The Morgan fingerprint density at radius 2 is 0.793 bits per heavy atom. The van der Waals surface area contributed by atoms with Gasteiger partial charge in [0, 0.05) is 17.1 Å². The van der Waals surface area contributed by atoms with E-state index in [0.717, 1.165) is 17.1 Å². The van der Waals surface area contributed by atoms with Crippen LogP contribution >= 0.6 is 0 Å². The molecule has 1 heteroatoms. The predicted molar refractivity (Wildman–Crippen MR) is 244 cm³/mol. The molecule has 0 aromatic heterocycles. The normalized spacial score (nSPS) is 12.6. The minimum Gasteiger partial charge on any atom is -0.310 e. The average Bonchev–Trinajstić information content (AvgIpc) is 3.61. The molecule has 1 aliphatic rings. The summed E-state index contributed by atoms with van der Waals surface area (Å²) in [7, 11) is 0. The first-order valence-electron chi connectivity index (χ1n) is 20.1. The fourth-order valence-electron chi connectivity index (χ4n) is 9.48. The maximum absolute atomic E-state index is 2.42. The zero-order valence-corrected chi connectivity index (χ0v) is 32.0. The number of hydrogen-bond acceptors (Lipinski definition) is 1. The summed E-state index contributed by atoms with van der Waals surface area (Å²) in [6, 6.07) is 86.8. The summed E-state index contributed by atoms with van der Waals surface area (Å²) >= 11 is 0. The third-order valence-electron chi connectivity index (χ3n) is 12.1. The van der Waals surface area contributed by atoms with Gasteiger partial charge in [-0.25, -0.2) is 0 Å². The zero-order valence-electron chi connectivity index (χ0n) is 32.0. The molecule has 0 atom stereocenters. The Labute approximate surface area is 339 Å². The van der Waals surface area contributed by atoms with Gasteiger partial charge in [-0.15, -0.1) is 0 Å². The summed E-state index contributed by atoms with van der Waals surface area (Å²) in [6.45, 7) is 0. The molecule has 10 aromatic rings. The molecule has 272 valence electrons. The minimum atomic E-state index is -0.492. The third kappa shape index (κ3) is 5.47. The maximum Gasteiger partial charge on any atom is 0.0714 e. The Hall–Kier alpha value is -7.48. The molecule has 0 radical (unpaired) electrons. The van der Waals surface area contributed by atoms with E-state index in [1.165, 1.54) is 77.2 Å². The lowest BCUT2D eigenvalue weighted by Crippen LogP contribution is -2.28. The fourth-order valence-corrected chi connectivity index (χ4v) is 9.48. The van der Waals surface area contributed by atoms with Gasteiger partial charge in [-0.3, -0.25) is 0 Å². The third-order valence-corrected chi connectivity index (χ3v) is 12.1. The zero-order chi connectivity index (χ0) is 38.5. The van der Waals surface area contributed by atoms with Crippen molar-refractivity contribution in [2.24, 2.45) is 0 Å². The highest BCUT2D eigenvalue weighted by Gasteiger charge is 2.46. The first-order chi connectivity index (χ1) is 28.8. The summed E-state index contributed by atoms with van der Waals surface area (Å²) in [6.07, 6.45) is 0. The van der Waals surface area contributed by atoms with Crippen LogP contribution in [0.4, 0.5) is 17.1 Å². The van der Waals surface area contributed by atoms with E-state index in [-0.39, 0.29) is 0 Å². The molecule has 0 N–H and O–H groups in total. The standard InChI is InChI=1S/C57H39N/c1-2-18-46(19-3-1)57(55-26-10-8-23-53(55)54-24-9-11-27-56(54)57)47-20-13-21-50(39-47)58(48-34-30-41(31-35-48)45-29-28-40-14-4-5-16-44(40)38-45)49-36-32-43(33-37-49)52-25-12-17-42-15-6-7-22-51(42)52/h1-39H. The maximum atomic E-state index is 2.42. The van der Waals surface area contributed by atoms with Gasteiger partial charge in [-0.2, -0.15) is 0 Å². The van der Waals surface area contributed by atoms with Crippen LogP contribution in [0.5, 0.6) is 0 Å². The number of hydrogen-bond donors (Lipinski definition) is 0. The first-order valence-corrected chi connectivity index (χ1v) is 20.1. The second kappa shape index (κ2) is 13.9. The summed E-state index contributed by atoms with van der Waals surface area (Å²) in [5.74, 6) is 0. The van der Waals surface area contributed by atoms with E-state index in [0.29, 0.717) is 0 Å². The Morgan fingerprint density at radius 1 is 0.276 bits per heavy atom. The topological polar surface area (TPSA) is 3.24 Å². The van der Waals surface area contributed by atoms with Gasteiger partial charge in [0.25, 0.3) is 0 Å². The lowest BCUT2D eigenvalue weighted by atomic mass is 9.67. The molecule has 0 heterocycles. The molecule has 10 aromatic carbocycles. The van der Waals surface area contributed by atoms with Crippen molar-refractivity contribution < 1.29 is 0 Å². The Kier molecular flexibility index (Phi) is 8.12. The van der Waals surface area contributed by atoms with Gasteiger partial charge >= 0.3 is 0 Å². The number of nitrogens with zero attached hydrogens (tertiary/aromatic N) is 1. The van der Waals surface area contributed by atoms with Crippen molar-refractivity contribution in [3.05, 3.63) is 259 Å². The monoisotopic (exact) mass is 737 g/mol. The van der Waals surface area contributed by atoms with E-state index in [4.69, 9.17) is 0 Å². The van der Waals surface area contributed by atoms with E-state index in [1.807, 2.05) is 0 Å². The molecule has 0 amide bonds. The summed E-state index contributed by atoms with van der Waals surface area (Å²) in [4.78, 5) is 2.41. The first kappa shape index (κ1) is 33.8. The summed E-state index contributed by atoms with van der Waals surface area (Å²) < 4.78 is 0. The van der Waals surface area contributed by atoms with E-state index in [2.05, 4.69) is 241 Å². The van der Waals surface area contributed by atoms with E-state index < -0.39 is 5.41 Å². The molecule has 1 nitrogen and oxygen atoms in total. The molecule has 0 fully saturated rings. The molecule has 1 aliphatic carbocycles. The van der Waals surface area contributed by atoms with Crippen LogP contribution in [-0.4, -0.2) is 0 Å². The molecule has 58 heavy (non-hydrogen) atoms. The molecular formula is C57H39N. The van der Waals surface area contributed by atoms with Crippen LogP contribution < -0.4 is 4.90 Å². The van der Waals surface area contributed by atoms with Crippen molar-refractivity contribution in [1.29, 1.82) is 0 Å². The fraction of sp³-hybridized carbons (Fsp3) is 0.0175. The molecule has 0 saturated heterocycles. The van der Waals surface area contributed by atoms with Gasteiger partial charge in [0.1, 0.15) is 0 Å². The lowest BCUT2D eigenvalue weighted by molar-refractivity contribution is 0.768. The van der Waals surface area contributed by atoms with Gasteiger partial charge < -0.3 is 4.90 Å². The Balaban J connectivity index is 1.08. The van der Waals surface area contributed by atoms with Crippen LogP contribution in [0.15, 0.2) is 237 Å². The van der Waals surface area contributed by atoms with E-state index >= 15 is 0 Å². The largest absolute Gasteiger partial charge is 0.310 e. The van der Waals surface area contributed by atoms with Crippen molar-refractivity contribution in [1.82, 2.24) is 0 Å². The number of benzene rings is 10. The van der Waals surface area contributed by atoms with E-state index in [9.17, 15) is 0 Å². The number of rotatable bonds is 7. The SMILES string of the molecule is c1ccc(C2(c3cccc(N(c4ccc(-c5ccc6ccccc6c5)cc4)c4ccc(-c5cccc6ccccc56)cc4)c3)c3ccccc3-c3ccccc32)cc1.